The summed E-state index contributed by atoms with van der Waals surface area (Å²) < 4.78 is 0. The van der Waals surface area contributed by atoms with Crippen LogP contribution in [-0.2, 0) is 0 Å². The molecule has 1 atom stereocenters. The number of hydrogen-bond acceptors (Lipinski definition) is 0. The molecule has 1 unspecified atom stereocenters. The van der Waals surface area contributed by atoms with Gasteiger partial charge in [-0.1, -0.05) is 31.2 Å². The van der Waals surface area contributed by atoms with E-state index >= 15 is 0 Å². The Hall–Kier alpha value is -0.780. The molecule has 0 heteroatoms. The molecular formula is C10H16. The van der Waals surface area contributed by atoms with Crippen molar-refractivity contribution in [1.82, 2.24) is 0 Å². The Morgan fingerprint density at radius 3 is 2.50 bits per heavy atom. The van der Waals surface area contributed by atoms with Crippen molar-refractivity contribution in [1.29, 1.82) is 0 Å². The van der Waals surface area contributed by atoms with Crippen molar-refractivity contribution in [2.45, 2.75) is 19.8 Å². The zero-order valence-corrected chi connectivity index (χ0v) is 6.72. The van der Waals surface area contributed by atoms with Crippen LogP contribution in [0.1, 0.15) is 19.8 Å². The van der Waals surface area contributed by atoms with Crippen molar-refractivity contribution in [2.75, 3.05) is 0 Å². The van der Waals surface area contributed by atoms with E-state index in [-0.39, 0.29) is 0 Å². The Kier molecular flexibility index (Phi) is 5.85. The van der Waals surface area contributed by atoms with Gasteiger partial charge < -0.3 is 0 Å². The zero-order chi connectivity index (χ0) is 7.82. The van der Waals surface area contributed by atoms with Crippen LogP contribution in [0.25, 0.3) is 0 Å². The third-order valence-corrected chi connectivity index (χ3v) is 1.46. The fourth-order valence-corrected chi connectivity index (χ4v) is 0.731. The van der Waals surface area contributed by atoms with Crippen molar-refractivity contribution in [3.63, 3.8) is 0 Å². The van der Waals surface area contributed by atoms with Crippen LogP contribution in [0.5, 0.6) is 0 Å². The molecule has 0 rings (SSSR count). The van der Waals surface area contributed by atoms with Crippen LogP contribution in [-0.4, -0.2) is 0 Å². The molecule has 0 aliphatic carbocycles. The van der Waals surface area contributed by atoms with Crippen molar-refractivity contribution >= 4 is 0 Å². The van der Waals surface area contributed by atoms with Crippen molar-refractivity contribution in [3.8, 4) is 0 Å². The van der Waals surface area contributed by atoms with Gasteiger partial charge in [0.25, 0.3) is 0 Å². The zero-order valence-electron chi connectivity index (χ0n) is 6.72. The molecule has 0 aromatic heterocycles. The van der Waals surface area contributed by atoms with E-state index in [1.54, 1.807) is 0 Å². The van der Waals surface area contributed by atoms with Gasteiger partial charge in [-0.05, 0) is 18.8 Å². The summed E-state index contributed by atoms with van der Waals surface area (Å²) in [5.41, 5.74) is 0. The first-order chi connectivity index (χ1) is 4.85. The second-order valence-corrected chi connectivity index (χ2v) is 2.26. The van der Waals surface area contributed by atoms with Gasteiger partial charge in [-0.2, -0.15) is 0 Å². The van der Waals surface area contributed by atoms with E-state index in [0.29, 0.717) is 5.92 Å². The van der Waals surface area contributed by atoms with E-state index in [9.17, 15) is 0 Å². The molecule has 0 radical (unpaired) electrons. The van der Waals surface area contributed by atoms with Gasteiger partial charge in [-0.3, -0.25) is 0 Å². The maximum atomic E-state index is 3.73. The molecule has 0 saturated carbocycles. The van der Waals surface area contributed by atoms with Gasteiger partial charge in [0.2, 0.25) is 0 Å². The van der Waals surface area contributed by atoms with E-state index in [4.69, 9.17) is 0 Å². The second kappa shape index (κ2) is 6.34. The fraction of sp³-hybridized carbons (Fsp3) is 0.400. The van der Waals surface area contributed by atoms with Crippen molar-refractivity contribution in [2.24, 2.45) is 5.92 Å². The molecule has 0 aromatic rings. The maximum absolute atomic E-state index is 3.73. The largest absolute Gasteiger partial charge is 0.103 e. The SMILES string of the molecule is C=CC/C=C\C(C=C)CC. The summed E-state index contributed by atoms with van der Waals surface area (Å²) in [5.74, 6) is 0.542. The normalized spacial score (nSPS) is 13.3. The van der Waals surface area contributed by atoms with Gasteiger partial charge in [0.15, 0.2) is 0 Å². The van der Waals surface area contributed by atoms with Gasteiger partial charge in [0, 0.05) is 0 Å². The quantitative estimate of drug-likeness (QED) is 0.508. The van der Waals surface area contributed by atoms with Crippen LogP contribution in [0.3, 0.4) is 0 Å². The minimum atomic E-state index is 0.542. The van der Waals surface area contributed by atoms with E-state index in [0.717, 1.165) is 12.8 Å². The van der Waals surface area contributed by atoms with E-state index in [1.165, 1.54) is 0 Å². The molecule has 0 N–H and O–H groups in total. The standard InChI is InChI=1S/C10H16/c1-4-7-8-9-10(5-2)6-3/h4-5,8-10H,1-2,6-7H2,3H3/b9-8-. The van der Waals surface area contributed by atoms with Crippen LogP contribution in [0.2, 0.25) is 0 Å². The molecule has 0 nitrogen and oxygen atoms in total. The Morgan fingerprint density at radius 1 is 1.40 bits per heavy atom. The van der Waals surface area contributed by atoms with Gasteiger partial charge in [0.1, 0.15) is 0 Å². The minimum Gasteiger partial charge on any atom is -0.103 e. The average Bonchev–Trinajstić information content (AvgIpc) is 1.99. The number of rotatable bonds is 5. The molecule has 56 valence electrons. The second-order valence-electron chi connectivity index (χ2n) is 2.26. The van der Waals surface area contributed by atoms with E-state index < -0.39 is 0 Å². The van der Waals surface area contributed by atoms with Gasteiger partial charge >= 0.3 is 0 Å². The highest BCUT2D eigenvalue weighted by Crippen LogP contribution is 2.05. The van der Waals surface area contributed by atoms with Crippen LogP contribution >= 0.6 is 0 Å². The molecule has 0 aliphatic rings. The predicted octanol–water partition coefficient (Wildman–Crippen LogP) is 3.33. The molecule has 0 bridgehead atoms. The Bertz CT molecular complexity index is 120. The first kappa shape index (κ1) is 9.22. The van der Waals surface area contributed by atoms with Crippen LogP contribution in [0, 0.1) is 5.92 Å². The highest BCUT2D eigenvalue weighted by molar-refractivity contribution is 4.98. The Labute approximate surface area is 64.0 Å². The number of hydrogen-bond donors (Lipinski definition) is 0. The lowest BCUT2D eigenvalue weighted by Crippen LogP contribution is -1.85. The minimum absolute atomic E-state index is 0.542. The first-order valence-electron chi connectivity index (χ1n) is 3.75. The molecule has 0 fully saturated rings. The summed E-state index contributed by atoms with van der Waals surface area (Å²) in [4.78, 5) is 0. The third kappa shape index (κ3) is 4.13. The molecule has 0 spiro atoms. The molecule has 0 aromatic carbocycles. The summed E-state index contributed by atoms with van der Waals surface area (Å²) in [6.07, 6.45) is 10.3. The molecule has 10 heavy (non-hydrogen) atoms. The summed E-state index contributed by atoms with van der Waals surface area (Å²) in [5, 5.41) is 0. The van der Waals surface area contributed by atoms with E-state index in [1.807, 2.05) is 12.2 Å². The fourth-order valence-electron chi connectivity index (χ4n) is 0.731. The molecule has 0 saturated heterocycles. The molecular weight excluding hydrogens is 120 g/mol. The maximum Gasteiger partial charge on any atom is -0.00587 e. The van der Waals surface area contributed by atoms with Gasteiger partial charge in [-0.15, -0.1) is 13.2 Å². The highest BCUT2D eigenvalue weighted by atomic mass is 14.0. The van der Waals surface area contributed by atoms with Crippen molar-refractivity contribution in [3.05, 3.63) is 37.5 Å². The Balaban J connectivity index is 3.59. The number of allylic oxidation sites excluding steroid dienone is 4. The van der Waals surface area contributed by atoms with E-state index in [2.05, 4.69) is 32.2 Å². The third-order valence-electron chi connectivity index (χ3n) is 1.46. The summed E-state index contributed by atoms with van der Waals surface area (Å²) in [6.45, 7) is 9.52. The van der Waals surface area contributed by atoms with Crippen LogP contribution < -0.4 is 0 Å². The molecule has 0 aliphatic heterocycles. The topological polar surface area (TPSA) is 0 Å². The molecule has 0 amide bonds. The Morgan fingerprint density at radius 2 is 2.10 bits per heavy atom. The smallest absolute Gasteiger partial charge is 0.00587 e. The van der Waals surface area contributed by atoms with Crippen molar-refractivity contribution < 1.29 is 0 Å². The highest BCUT2D eigenvalue weighted by Gasteiger charge is 1.90. The summed E-state index contributed by atoms with van der Waals surface area (Å²) in [7, 11) is 0. The first-order valence-corrected chi connectivity index (χ1v) is 3.75. The van der Waals surface area contributed by atoms with Crippen LogP contribution in [0.4, 0.5) is 0 Å². The lowest BCUT2D eigenvalue weighted by Gasteiger charge is -1.99. The van der Waals surface area contributed by atoms with Crippen LogP contribution in [0.15, 0.2) is 37.5 Å². The lowest BCUT2D eigenvalue weighted by molar-refractivity contribution is 0.774. The predicted molar refractivity (Wildman–Crippen MR) is 47.9 cm³/mol. The van der Waals surface area contributed by atoms with Gasteiger partial charge in [0.05, 0.1) is 0 Å². The summed E-state index contributed by atoms with van der Waals surface area (Å²) >= 11 is 0. The molecule has 0 heterocycles. The lowest BCUT2D eigenvalue weighted by atomic mass is 10.1. The average molecular weight is 136 g/mol. The van der Waals surface area contributed by atoms with Gasteiger partial charge in [-0.25, -0.2) is 0 Å². The monoisotopic (exact) mass is 136 g/mol. The summed E-state index contributed by atoms with van der Waals surface area (Å²) in [6, 6.07) is 0.